The third-order valence-electron chi connectivity index (χ3n) is 2.63. The molecule has 0 aromatic carbocycles. The number of rotatable bonds is 6. The maximum atomic E-state index is 12.1. The number of aliphatic hydroxyl groups excluding tert-OH is 1. The molecule has 1 rings (SSSR count). The molecule has 1 heterocycles. The predicted molar refractivity (Wildman–Crippen MR) is 73.1 cm³/mol. The van der Waals surface area contributed by atoms with E-state index in [4.69, 9.17) is 10.2 Å². The fourth-order valence-electron chi connectivity index (χ4n) is 1.67. The molecule has 7 heteroatoms. The highest BCUT2D eigenvalue weighted by molar-refractivity contribution is 9.10. The van der Waals surface area contributed by atoms with Crippen molar-refractivity contribution in [3.05, 3.63) is 22.4 Å². The number of carboxylic acids is 1. The number of amides is 1. The highest BCUT2D eigenvalue weighted by Gasteiger charge is 2.22. The summed E-state index contributed by atoms with van der Waals surface area (Å²) in [7, 11) is 0. The van der Waals surface area contributed by atoms with E-state index >= 15 is 0 Å². The fourth-order valence-corrected chi connectivity index (χ4v) is 2.11. The largest absolute Gasteiger partial charge is 0.480 e. The van der Waals surface area contributed by atoms with Crippen molar-refractivity contribution in [2.75, 3.05) is 6.61 Å². The van der Waals surface area contributed by atoms with E-state index in [-0.39, 0.29) is 19.1 Å². The number of carboxylic acid groups (broad SMARTS) is 1. The van der Waals surface area contributed by atoms with Gasteiger partial charge in [-0.2, -0.15) is 0 Å². The summed E-state index contributed by atoms with van der Waals surface area (Å²) in [5, 5.41) is 20.1. The van der Waals surface area contributed by atoms with Gasteiger partial charge in [0.15, 0.2) is 0 Å². The van der Waals surface area contributed by atoms with E-state index in [2.05, 4.69) is 21.2 Å². The van der Waals surface area contributed by atoms with Crippen LogP contribution in [0.1, 0.15) is 36.8 Å². The first-order valence-corrected chi connectivity index (χ1v) is 6.68. The van der Waals surface area contributed by atoms with Crippen molar-refractivity contribution in [2.24, 2.45) is 0 Å². The maximum absolute atomic E-state index is 12.1. The first-order valence-electron chi connectivity index (χ1n) is 5.88. The molecule has 0 saturated carbocycles. The molecule has 1 amide bonds. The Labute approximate surface area is 119 Å². The number of aliphatic hydroxyl groups is 1. The molecule has 0 fully saturated rings. The van der Waals surface area contributed by atoms with Gasteiger partial charge in [0.1, 0.15) is 11.7 Å². The third-order valence-corrected chi connectivity index (χ3v) is 3.06. The predicted octanol–water partition coefficient (Wildman–Crippen LogP) is 1.40. The summed E-state index contributed by atoms with van der Waals surface area (Å²) in [5.74, 6) is -1.63. The van der Waals surface area contributed by atoms with Gasteiger partial charge in [-0.3, -0.25) is 4.79 Å². The van der Waals surface area contributed by atoms with Crippen LogP contribution < -0.4 is 5.32 Å². The molecule has 1 aromatic rings. The maximum Gasteiger partial charge on any atom is 0.326 e. The number of aromatic nitrogens is 1. The standard InChI is InChI=1S/C12H17BrN2O4/c1-7(2)15-6-8(13)5-10(15)11(17)14-9(3-4-16)12(18)19/h5-7,9,16H,3-4H2,1-2H3,(H,14,17)(H,18,19)/t9-/m1/s1. The van der Waals surface area contributed by atoms with Crippen LogP contribution in [-0.4, -0.2) is 39.3 Å². The van der Waals surface area contributed by atoms with E-state index < -0.39 is 17.9 Å². The highest BCUT2D eigenvalue weighted by Crippen LogP contribution is 2.19. The van der Waals surface area contributed by atoms with E-state index in [1.165, 1.54) is 0 Å². The number of hydrogen-bond donors (Lipinski definition) is 3. The molecule has 6 nitrogen and oxygen atoms in total. The molecule has 19 heavy (non-hydrogen) atoms. The Hall–Kier alpha value is -1.34. The molecule has 0 aliphatic rings. The van der Waals surface area contributed by atoms with Crippen LogP contribution in [0.4, 0.5) is 0 Å². The highest BCUT2D eigenvalue weighted by atomic mass is 79.9. The molecule has 1 aromatic heterocycles. The molecule has 0 spiro atoms. The van der Waals surface area contributed by atoms with Gasteiger partial charge in [0.05, 0.1) is 0 Å². The van der Waals surface area contributed by atoms with E-state index in [9.17, 15) is 9.59 Å². The lowest BCUT2D eigenvalue weighted by Crippen LogP contribution is -2.42. The zero-order valence-electron chi connectivity index (χ0n) is 10.8. The van der Waals surface area contributed by atoms with Crippen molar-refractivity contribution >= 4 is 27.8 Å². The van der Waals surface area contributed by atoms with Crippen LogP contribution in [0.15, 0.2) is 16.7 Å². The van der Waals surface area contributed by atoms with Crippen molar-refractivity contribution in [2.45, 2.75) is 32.4 Å². The smallest absolute Gasteiger partial charge is 0.326 e. The molecule has 0 aliphatic carbocycles. The van der Waals surface area contributed by atoms with Gasteiger partial charge in [0.25, 0.3) is 5.91 Å². The number of nitrogens with one attached hydrogen (secondary N) is 1. The second-order valence-corrected chi connectivity index (χ2v) is 5.34. The first kappa shape index (κ1) is 15.7. The van der Waals surface area contributed by atoms with Crippen LogP contribution in [0.2, 0.25) is 0 Å². The van der Waals surface area contributed by atoms with Crippen molar-refractivity contribution in [3.8, 4) is 0 Å². The van der Waals surface area contributed by atoms with Crippen LogP contribution in [0.25, 0.3) is 0 Å². The summed E-state index contributed by atoms with van der Waals surface area (Å²) in [6.45, 7) is 3.55. The topological polar surface area (TPSA) is 91.6 Å². The molecular formula is C12H17BrN2O4. The lowest BCUT2D eigenvalue weighted by molar-refractivity contribution is -0.139. The number of halogens is 1. The minimum absolute atomic E-state index is 0.0232. The molecule has 0 saturated heterocycles. The van der Waals surface area contributed by atoms with E-state index in [0.717, 1.165) is 4.47 Å². The van der Waals surface area contributed by atoms with Gasteiger partial charge >= 0.3 is 5.97 Å². The average molecular weight is 333 g/mol. The molecule has 0 unspecified atom stereocenters. The first-order chi connectivity index (χ1) is 8.86. The molecule has 1 atom stereocenters. The fraction of sp³-hybridized carbons (Fsp3) is 0.500. The van der Waals surface area contributed by atoms with Crippen molar-refractivity contribution in [1.29, 1.82) is 0 Å². The minimum atomic E-state index is -1.16. The molecule has 0 radical (unpaired) electrons. The normalized spacial score (nSPS) is 12.5. The summed E-state index contributed by atoms with van der Waals surface area (Å²) < 4.78 is 2.50. The van der Waals surface area contributed by atoms with Gasteiger partial charge in [-0.25, -0.2) is 4.79 Å². The van der Waals surface area contributed by atoms with E-state index in [1.807, 2.05) is 13.8 Å². The Bertz CT molecular complexity index is 470. The summed E-state index contributed by atoms with van der Waals surface area (Å²) in [4.78, 5) is 23.0. The average Bonchev–Trinajstić information content (AvgIpc) is 2.70. The molecule has 3 N–H and O–H groups in total. The summed E-state index contributed by atoms with van der Waals surface area (Å²) in [6.07, 6.45) is 1.74. The van der Waals surface area contributed by atoms with Crippen LogP contribution >= 0.6 is 15.9 Å². The minimum Gasteiger partial charge on any atom is -0.480 e. The van der Waals surface area contributed by atoms with Gasteiger partial charge in [-0.05, 0) is 35.8 Å². The Kier molecular flexibility index (Phi) is 5.56. The van der Waals surface area contributed by atoms with Gasteiger partial charge in [0, 0.05) is 29.7 Å². The van der Waals surface area contributed by atoms with E-state index in [0.29, 0.717) is 5.69 Å². The lowest BCUT2D eigenvalue weighted by atomic mass is 10.2. The second-order valence-electron chi connectivity index (χ2n) is 4.42. The van der Waals surface area contributed by atoms with Crippen LogP contribution in [0.5, 0.6) is 0 Å². The number of aliphatic carboxylic acids is 1. The number of hydrogen-bond acceptors (Lipinski definition) is 3. The SMILES string of the molecule is CC(C)n1cc(Br)cc1C(=O)N[C@H](CCO)C(=O)O. The molecule has 106 valence electrons. The van der Waals surface area contributed by atoms with Crippen LogP contribution in [0, 0.1) is 0 Å². The van der Waals surface area contributed by atoms with Gasteiger partial charge in [-0.15, -0.1) is 0 Å². The van der Waals surface area contributed by atoms with Gasteiger partial charge in [-0.1, -0.05) is 0 Å². The third kappa shape index (κ3) is 4.07. The molecule has 0 aliphatic heterocycles. The van der Waals surface area contributed by atoms with Crippen LogP contribution in [-0.2, 0) is 4.79 Å². The van der Waals surface area contributed by atoms with Crippen molar-refractivity contribution < 1.29 is 19.8 Å². The monoisotopic (exact) mass is 332 g/mol. The lowest BCUT2D eigenvalue weighted by Gasteiger charge is -2.16. The zero-order valence-corrected chi connectivity index (χ0v) is 12.3. The summed E-state index contributed by atoms with van der Waals surface area (Å²) >= 11 is 3.29. The van der Waals surface area contributed by atoms with Gasteiger partial charge in [0.2, 0.25) is 0 Å². The Morgan fingerprint density at radius 1 is 1.47 bits per heavy atom. The Balaban J connectivity index is 2.91. The summed E-state index contributed by atoms with van der Waals surface area (Å²) in [5.41, 5.74) is 0.381. The Morgan fingerprint density at radius 2 is 2.11 bits per heavy atom. The van der Waals surface area contributed by atoms with E-state index in [1.54, 1.807) is 16.8 Å². The number of carbonyl (C=O) groups excluding carboxylic acids is 1. The molecular weight excluding hydrogens is 316 g/mol. The van der Waals surface area contributed by atoms with Gasteiger partial charge < -0.3 is 20.1 Å². The summed E-state index contributed by atoms with van der Waals surface area (Å²) in [6, 6.07) is 0.618. The second kappa shape index (κ2) is 6.72. The number of carbonyl (C=O) groups is 2. The van der Waals surface area contributed by atoms with Crippen molar-refractivity contribution in [1.82, 2.24) is 9.88 Å². The number of nitrogens with zero attached hydrogens (tertiary/aromatic N) is 1. The quantitative estimate of drug-likeness (QED) is 0.734. The molecule has 0 bridgehead atoms. The zero-order chi connectivity index (χ0) is 14.6. The van der Waals surface area contributed by atoms with Crippen LogP contribution in [0.3, 0.4) is 0 Å². The van der Waals surface area contributed by atoms with Crippen molar-refractivity contribution in [3.63, 3.8) is 0 Å². The Morgan fingerprint density at radius 3 is 2.58 bits per heavy atom.